The lowest BCUT2D eigenvalue weighted by Crippen LogP contribution is -2.44. The summed E-state index contributed by atoms with van der Waals surface area (Å²) in [4.78, 5) is 22.1. The highest BCUT2D eigenvalue weighted by atomic mass is 32.1. The summed E-state index contributed by atoms with van der Waals surface area (Å²) in [6.07, 6.45) is 1.05. The van der Waals surface area contributed by atoms with Crippen molar-refractivity contribution in [2.75, 3.05) is 0 Å². The first-order valence-electron chi connectivity index (χ1n) is 7.38. The van der Waals surface area contributed by atoms with Gasteiger partial charge in [-0.15, -0.1) is 0 Å². The van der Waals surface area contributed by atoms with Crippen LogP contribution in [0.25, 0.3) is 0 Å². The molecule has 4 nitrogen and oxygen atoms in total. The molecule has 0 spiro atoms. The Hall–Kier alpha value is -0.360. The summed E-state index contributed by atoms with van der Waals surface area (Å²) < 4.78 is -1.33. The van der Waals surface area contributed by atoms with Gasteiger partial charge in [-0.1, -0.05) is 41.5 Å². The Morgan fingerprint density at radius 1 is 0.773 bits per heavy atom. The Morgan fingerprint density at radius 3 is 1.23 bits per heavy atom. The number of aliphatic carboxylic acids is 2. The fourth-order valence-corrected chi connectivity index (χ4v) is 4.02. The molecule has 2 unspecified atom stereocenters. The average molecular weight is 351 g/mol. The number of carboxylic acids is 2. The minimum Gasteiger partial charge on any atom is -0.481 e. The zero-order chi connectivity index (χ0) is 18.0. The van der Waals surface area contributed by atoms with Crippen molar-refractivity contribution in [2.45, 2.75) is 76.7 Å². The molecule has 0 amide bonds. The first-order valence-corrected chi connectivity index (χ1v) is 8.28. The summed E-state index contributed by atoms with van der Waals surface area (Å²) in [5.74, 6) is -1.76. The molecule has 0 aromatic carbocycles. The largest absolute Gasteiger partial charge is 0.481 e. The molecule has 6 heteroatoms. The SMILES string of the molecule is CC(S)(CC(=O)O)CC(C)(CC(C)(S)CC(=O)O)C(C)(C)C. The van der Waals surface area contributed by atoms with E-state index in [1.165, 1.54) is 0 Å². The van der Waals surface area contributed by atoms with Crippen LogP contribution in [-0.2, 0) is 9.59 Å². The van der Waals surface area contributed by atoms with Gasteiger partial charge in [0.05, 0.1) is 12.8 Å². The number of rotatable bonds is 8. The van der Waals surface area contributed by atoms with Gasteiger partial charge in [0.25, 0.3) is 0 Å². The summed E-state index contributed by atoms with van der Waals surface area (Å²) in [5, 5.41) is 18.1. The quantitative estimate of drug-likeness (QED) is 0.496. The Labute approximate surface area is 144 Å². The summed E-state index contributed by atoms with van der Waals surface area (Å²) in [6.45, 7) is 12.0. The third-order valence-electron chi connectivity index (χ3n) is 4.42. The van der Waals surface area contributed by atoms with E-state index < -0.39 is 21.4 Å². The van der Waals surface area contributed by atoms with Crippen molar-refractivity contribution in [1.82, 2.24) is 0 Å². The lowest BCUT2D eigenvalue weighted by molar-refractivity contribution is -0.138. The van der Waals surface area contributed by atoms with E-state index in [2.05, 4.69) is 53.0 Å². The summed E-state index contributed by atoms with van der Waals surface area (Å²) in [7, 11) is 0. The maximum atomic E-state index is 11.0. The van der Waals surface area contributed by atoms with Crippen LogP contribution in [0.4, 0.5) is 0 Å². The number of carboxylic acid groups (broad SMARTS) is 2. The van der Waals surface area contributed by atoms with Gasteiger partial charge < -0.3 is 10.2 Å². The van der Waals surface area contributed by atoms with Crippen molar-refractivity contribution in [2.24, 2.45) is 10.8 Å². The standard InChI is InChI=1S/C16H30O4S2/c1-13(2,3)14(4,9-15(5,21)7-11(17)18)10-16(6,22)8-12(19)20/h21-22H,7-10H2,1-6H3,(H,17,18)(H,19,20). The van der Waals surface area contributed by atoms with Gasteiger partial charge in [-0.3, -0.25) is 9.59 Å². The lowest BCUT2D eigenvalue weighted by Gasteiger charge is -2.49. The van der Waals surface area contributed by atoms with Gasteiger partial charge in [0.15, 0.2) is 0 Å². The molecule has 130 valence electrons. The van der Waals surface area contributed by atoms with Gasteiger partial charge in [-0.05, 0) is 23.7 Å². The van der Waals surface area contributed by atoms with Gasteiger partial charge in [-0.2, -0.15) is 25.3 Å². The van der Waals surface area contributed by atoms with Crippen molar-refractivity contribution >= 4 is 37.2 Å². The van der Waals surface area contributed by atoms with E-state index >= 15 is 0 Å². The Bertz CT molecular complexity index is 392. The first-order chi connectivity index (χ1) is 9.50. The van der Waals surface area contributed by atoms with Crippen molar-refractivity contribution in [3.8, 4) is 0 Å². The third-order valence-corrected chi connectivity index (χ3v) is 5.05. The topological polar surface area (TPSA) is 74.6 Å². The molecule has 0 fully saturated rings. The van der Waals surface area contributed by atoms with E-state index in [1.807, 2.05) is 13.8 Å². The monoisotopic (exact) mass is 350 g/mol. The molecule has 0 aromatic heterocycles. The van der Waals surface area contributed by atoms with E-state index in [4.69, 9.17) is 10.2 Å². The fraction of sp³-hybridized carbons (Fsp3) is 0.875. The van der Waals surface area contributed by atoms with Crippen LogP contribution in [0.15, 0.2) is 0 Å². The molecule has 0 aromatic rings. The number of hydrogen-bond donors (Lipinski definition) is 4. The molecular formula is C16H30O4S2. The molecule has 0 bridgehead atoms. The minimum atomic E-state index is -0.882. The molecule has 0 saturated carbocycles. The van der Waals surface area contributed by atoms with E-state index in [0.29, 0.717) is 12.8 Å². The second kappa shape index (κ2) is 7.04. The average Bonchev–Trinajstić information content (AvgIpc) is 2.06. The van der Waals surface area contributed by atoms with E-state index in [0.717, 1.165) is 0 Å². The molecule has 22 heavy (non-hydrogen) atoms. The molecule has 0 aliphatic rings. The normalized spacial score (nSPS) is 20.5. The fourth-order valence-electron chi connectivity index (χ4n) is 3.05. The van der Waals surface area contributed by atoms with Gasteiger partial charge in [0.1, 0.15) is 0 Å². The summed E-state index contributed by atoms with van der Waals surface area (Å²) in [6, 6.07) is 0. The lowest BCUT2D eigenvalue weighted by atomic mass is 9.59. The Kier molecular flexibility index (Phi) is 6.92. The van der Waals surface area contributed by atoms with Crippen LogP contribution < -0.4 is 0 Å². The van der Waals surface area contributed by atoms with Crippen LogP contribution in [0.1, 0.15) is 67.2 Å². The third kappa shape index (κ3) is 7.27. The van der Waals surface area contributed by atoms with Crippen LogP contribution >= 0.6 is 25.3 Å². The number of thiol groups is 2. The molecule has 0 radical (unpaired) electrons. The van der Waals surface area contributed by atoms with Crippen molar-refractivity contribution in [3.63, 3.8) is 0 Å². The number of carbonyl (C=O) groups is 2. The molecule has 0 aliphatic heterocycles. The Balaban J connectivity index is 5.43. The summed E-state index contributed by atoms with van der Waals surface area (Å²) >= 11 is 9.10. The molecule has 2 N–H and O–H groups in total. The highest BCUT2D eigenvalue weighted by molar-refractivity contribution is 7.82. The van der Waals surface area contributed by atoms with E-state index in [1.54, 1.807) is 0 Å². The Morgan fingerprint density at radius 2 is 1.05 bits per heavy atom. The molecule has 0 heterocycles. The van der Waals surface area contributed by atoms with Gasteiger partial charge in [-0.25, -0.2) is 0 Å². The van der Waals surface area contributed by atoms with Gasteiger partial charge in [0.2, 0.25) is 0 Å². The van der Waals surface area contributed by atoms with E-state index in [9.17, 15) is 9.59 Å². The van der Waals surface area contributed by atoms with E-state index in [-0.39, 0.29) is 23.7 Å². The highest BCUT2D eigenvalue weighted by Crippen LogP contribution is 2.52. The summed E-state index contributed by atoms with van der Waals surface area (Å²) in [5.41, 5.74) is -0.442. The first kappa shape index (κ1) is 21.6. The number of hydrogen-bond acceptors (Lipinski definition) is 4. The van der Waals surface area contributed by atoms with Crippen molar-refractivity contribution in [3.05, 3.63) is 0 Å². The zero-order valence-electron chi connectivity index (χ0n) is 14.4. The molecule has 2 atom stereocenters. The van der Waals surface area contributed by atoms with Gasteiger partial charge >= 0.3 is 11.9 Å². The highest BCUT2D eigenvalue weighted by Gasteiger charge is 2.46. The van der Waals surface area contributed by atoms with Gasteiger partial charge in [0, 0.05) is 9.49 Å². The van der Waals surface area contributed by atoms with Crippen LogP contribution in [0.5, 0.6) is 0 Å². The molecule has 0 saturated heterocycles. The minimum absolute atomic E-state index is 0.0377. The second-order valence-electron chi connectivity index (χ2n) is 8.30. The second-order valence-corrected chi connectivity index (χ2v) is 10.5. The molecule has 0 rings (SSSR count). The zero-order valence-corrected chi connectivity index (χ0v) is 16.2. The maximum absolute atomic E-state index is 11.0. The van der Waals surface area contributed by atoms with Crippen LogP contribution in [0.3, 0.4) is 0 Å². The van der Waals surface area contributed by atoms with Crippen molar-refractivity contribution in [1.29, 1.82) is 0 Å². The predicted molar refractivity (Wildman–Crippen MR) is 96.1 cm³/mol. The van der Waals surface area contributed by atoms with Crippen LogP contribution in [0.2, 0.25) is 0 Å². The maximum Gasteiger partial charge on any atom is 0.304 e. The van der Waals surface area contributed by atoms with Crippen molar-refractivity contribution < 1.29 is 19.8 Å². The molecular weight excluding hydrogens is 320 g/mol. The predicted octanol–water partition coefficient (Wildman–Crippen LogP) is 4.15. The van der Waals surface area contributed by atoms with Crippen LogP contribution in [0, 0.1) is 10.8 Å². The van der Waals surface area contributed by atoms with Crippen LogP contribution in [-0.4, -0.2) is 31.6 Å². The smallest absolute Gasteiger partial charge is 0.304 e. The molecule has 0 aliphatic carbocycles.